The second-order valence-corrected chi connectivity index (χ2v) is 9.67. The molecule has 0 aliphatic carbocycles. The topological polar surface area (TPSA) is 87.7 Å². The summed E-state index contributed by atoms with van der Waals surface area (Å²) in [4.78, 5) is 40.4. The minimum atomic E-state index is -0.821. The molecule has 0 aromatic heterocycles. The van der Waals surface area contributed by atoms with E-state index in [0.29, 0.717) is 24.2 Å². The fraction of sp³-hybridized carbons (Fsp3) is 0.607. The first-order valence-electron chi connectivity index (χ1n) is 12.7. The zero-order valence-electron chi connectivity index (χ0n) is 22.1. The number of alkyl carbamates (subject to hydrolysis) is 1. The molecule has 1 atom stereocenters. The molecule has 194 valence electrons. The van der Waals surface area contributed by atoms with Crippen LogP contribution in [0.2, 0.25) is 0 Å². The van der Waals surface area contributed by atoms with Crippen LogP contribution in [0.15, 0.2) is 24.3 Å². The minimum Gasteiger partial charge on any atom is -0.444 e. The van der Waals surface area contributed by atoms with Crippen molar-refractivity contribution in [3.63, 3.8) is 0 Å². The van der Waals surface area contributed by atoms with Crippen molar-refractivity contribution in [2.24, 2.45) is 0 Å². The summed E-state index contributed by atoms with van der Waals surface area (Å²) in [5.74, 6) is 1.99. The predicted octanol–water partition coefficient (Wildman–Crippen LogP) is 4.95. The van der Waals surface area contributed by atoms with Crippen molar-refractivity contribution in [1.82, 2.24) is 15.5 Å². The van der Waals surface area contributed by atoms with Crippen LogP contribution >= 0.6 is 0 Å². The first-order valence-corrected chi connectivity index (χ1v) is 12.7. The number of benzene rings is 1. The van der Waals surface area contributed by atoms with Crippen LogP contribution in [0.25, 0.3) is 0 Å². The van der Waals surface area contributed by atoms with Crippen LogP contribution in [0.5, 0.6) is 0 Å². The molecular formula is C28H43N3O4. The van der Waals surface area contributed by atoms with E-state index < -0.39 is 17.7 Å². The highest BCUT2D eigenvalue weighted by Crippen LogP contribution is 2.23. The fourth-order valence-corrected chi connectivity index (χ4v) is 3.57. The van der Waals surface area contributed by atoms with Crippen molar-refractivity contribution in [3.05, 3.63) is 35.4 Å². The van der Waals surface area contributed by atoms with E-state index in [0.717, 1.165) is 44.9 Å². The molecular weight excluding hydrogens is 442 g/mol. The number of nitrogens with zero attached hydrogens (tertiary/aromatic N) is 1. The van der Waals surface area contributed by atoms with Gasteiger partial charge in [0.25, 0.3) is 0 Å². The number of rotatable bonds is 14. The Hall–Kier alpha value is -3.01. The zero-order chi connectivity index (χ0) is 26.3. The van der Waals surface area contributed by atoms with E-state index in [4.69, 9.17) is 11.2 Å². The molecule has 0 aliphatic heterocycles. The normalized spacial score (nSPS) is 11.8. The number of terminal acetylenes is 1. The lowest BCUT2D eigenvalue weighted by Gasteiger charge is -2.32. The predicted molar refractivity (Wildman–Crippen MR) is 140 cm³/mol. The number of unbranched alkanes of at least 4 members (excludes halogenated alkanes) is 5. The van der Waals surface area contributed by atoms with Gasteiger partial charge in [0.2, 0.25) is 11.8 Å². The first kappa shape index (κ1) is 30.0. The Morgan fingerprint density at radius 2 is 1.60 bits per heavy atom. The maximum Gasteiger partial charge on any atom is 0.408 e. The van der Waals surface area contributed by atoms with Gasteiger partial charge in [-0.05, 0) is 51.3 Å². The Kier molecular flexibility index (Phi) is 13.6. The van der Waals surface area contributed by atoms with Gasteiger partial charge in [-0.3, -0.25) is 9.59 Å². The molecule has 7 heteroatoms. The Labute approximate surface area is 211 Å². The summed E-state index contributed by atoms with van der Waals surface area (Å²) in [6, 6.07) is 6.29. The summed E-state index contributed by atoms with van der Waals surface area (Å²) in [5, 5.41) is 5.50. The minimum absolute atomic E-state index is 0.244. The molecule has 0 saturated heterocycles. The van der Waals surface area contributed by atoms with Crippen molar-refractivity contribution >= 4 is 17.9 Å². The van der Waals surface area contributed by atoms with E-state index >= 15 is 0 Å². The highest BCUT2D eigenvalue weighted by molar-refractivity contribution is 5.90. The average molecular weight is 486 g/mol. The Morgan fingerprint density at radius 3 is 2.17 bits per heavy atom. The lowest BCUT2D eigenvalue weighted by Crippen LogP contribution is -2.48. The summed E-state index contributed by atoms with van der Waals surface area (Å²) < 4.78 is 5.26. The average Bonchev–Trinajstić information content (AvgIpc) is 2.81. The molecule has 1 aromatic carbocycles. The number of hydrogen-bond acceptors (Lipinski definition) is 4. The van der Waals surface area contributed by atoms with E-state index in [2.05, 4.69) is 30.4 Å². The highest BCUT2D eigenvalue weighted by atomic mass is 16.6. The van der Waals surface area contributed by atoms with E-state index in [-0.39, 0.29) is 18.4 Å². The molecule has 0 aliphatic rings. The molecule has 0 fully saturated rings. The molecule has 1 unspecified atom stereocenters. The molecule has 35 heavy (non-hydrogen) atoms. The van der Waals surface area contributed by atoms with Crippen molar-refractivity contribution < 1.29 is 19.1 Å². The van der Waals surface area contributed by atoms with Crippen LogP contribution in [0.1, 0.15) is 96.7 Å². The van der Waals surface area contributed by atoms with Gasteiger partial charge in [0, 0.05) is 18.7 Å². The lowest BCUT2D eigenvalue weighted by molar-refractivity contribution is -0.140. The molecule has 0 heterocycles. The Balaban J connectivity index is 3.16. The van der Waals surface area contributed by atoms with Crippen molar-refractivity contribution in [1.29, 1.82) is 0 Å². The number of hydrogen-bond donors (Lipinski definition) is 2. The molecule has 2 N–H and O–H groups in total. The van der Waals surface area contributed by atoms with Gasteiger partial charge in [-0.2, -0.15) is 0 Å². The van der Waals surface area contributed by atoms with Crippen molar-refractivity contribution in [2.45, 2.75) is 91.2 Å². The number of amides is 3. The van der Waals surface area contributed by atoms with Crippen LogP contribution in [0.4, 0.5) is 4.79 Å². The smallest absolute Gasteiger partial charge is 0.408 e. The van der Waals surface area contributed by atoms with Crippen LogP contribution in [-0.2, 0) is 14.3 Å². The van der Waals surface area contributed by atoms with Crippen molar-refractivity contribution in [2.75, 3.05) is 19.6 Å². The third-order valence-electron chi connectivity index (χ3n) is 5.39. The van der Waals surface area contributed by atoms with Gasteiger partial charge in [-0.25, -0.2) is 4.79 Å². The number of ether oxygens (including phenoxy) is 1. The largest absolute Gasteiger partial charge is 0.444 e. The maximum absolute atomic E-state index is 13.3. The third kappa shape index (κ3) is 11.8. The second-order valence-electron chi connectivity index (χ2n) is 9.67. The summed E-state index contributed by atoms with van der Waals surface area (Å²) in [6.07, 6.45) is 11.7. The van der Waals surface area contributed by atoms with Crippen LogP contribution < -0.4 is 10.6 Å². The van der Waals surface area contributed by atoms with E-state index in [1.807, 2.05) is 0 Å². The third-order valence-corrected chi connectivity index (χ3v) is 5.39. The molecule has 0 radical (unpaired) electrons. The van der Waals surface area contributed by atoms with Crippen LogP contribution in [-0.4, -0.2) is 48.0 Å². The van der Waals surface area contributed by atoms with Gasteiger partial charge < -0.3 is 20.3 Å². The molecule has 1 aromatic rings. The first-order chi connectivity index (χ1) is 16.6. The van der Waals surface area contributed by atoms with Gasteiger partial charge >= 0.3 is 6.09 Å². The summed E-state index contributed by atoms with van der Waals surface area (Å²) >= 11 is 0. The van der Waals surface area contributed by atoms with Gasteiger partial charge in [0.15, 0.2) is 0 Å². The van der Waals surface area contributed by atoms with Gasteiger partial charge in [0.1, 0.15) is 18.2 Å². The standard InChI is InChI=1S/C28H43N3O4/c1-7-10-12-13-14-20-31(24(32)21-30-27(34)35-28(4,5)6)25(26(33)29-19-11-8-2)23-17-15-22(9-3)16-18-23/h3,15-18,25H,7-8,10-14,19-21H2,1-2,4-6H3,(H,29,33)(H,30,34). The van der Waals surface area contributed by atoms with Gasteiger partial charge in [-0.1, -0.05) is 64.0 Å². The maximum atomic E-state index is 13.3. The molecule has 0 saturated carbocycles. The lowest BCUT2D eigenvalue weighted by atomic mass is 10.0. The molecule has 0 spiro atoms. The SMILES string of the molecule is C#Cc1ccc(C(C(=O)NCCCC)N(CCCCCCC)C(=O)CNC(=O)OC(C)(C)C)cc1. The van der Waals surface area contributed by atoms with Crippen molar-refractivity contribution in [3.8, 4) is 12.3 Å². The summed E-state index contributed by atoms with van der Waals surface area (Å²) in [7, 11) is 0. The van der Waals surface area contributed by atoms with E-state index in [1.54, 1.807) is 49.9 Å². The quantitative estimate of drug-likeness (QED) is 0.288. The van der Waals surface area contributed by atoms with E-state index in [9.17, 15) is 14.4 Å². The monoisotopic (exact) mass is 485 g/mol. The Bertz CT molecular complexity index is 837. The highest BCUT2D eigenvalue weighted by Gasteiger charge is 2.31. The second kappa shape index (κ2) is 15.8. The summed E-state index contributed by atoms with van der Waals surface area (Å²) in [6.45, 7) is 10.1. The van der Waals surface area contributed by atoms with Crippen LogP contribution in [0.3, 0.4) is 0 Å². The molecule has 1 rings (SSSR count). The zero-order valence-corrected chi connectivity index (χ0v) is 22.1. The number of carbonyl (C=O) groups excluding carboxylic acids is 3. The number of nitrogens with one attached hydrogen (secondary N) is 2. The summed E-state index contributed by atoms with van der Waals surface area (Å²) in [5.41, 5.74) is 0.701. The van der Waals surface area contributed by atoms with E-state index in [1.165, 1.54) is 0 Å². The van der Waals surface area contributed by atoms with Gasteiger partial charge in [-0.15, -0.1) is 6.42 Å². The fourth-order valence-electron chi connectivity index (χ4n) is 3.57. The van der Waals surface area contributed by atoms with Crippen LogP contribution in [0, 0.1) is 12.3 Å². The Morgan fingerprint density at radius 1 is 0.971 bits per heavy atom. The number of carbonyl (C=O) groups is 3. The molecule has 0 bridgehead atoms. The van der Waals surface area contributed by atoms with Gasteiger partial charge in [0.05, 0.1) is 0 Å². The molecule has 3 amide bonds. The molecule has 7 nitrogen and oxygen atoms in total.